The predicted octanol–water partition coefficient (Wildman–Crippen LogP) is 3.71. The van der Waals surface area contributed by atoms with Gasteiger partial charge in [-0.1, -0.05) is 26.7 Å². The molecule has 0 aliphatic rings. The van der Waals surface area contributed by atoms with Crippen molar-refractivity contribution in [3.8, 4) is 6.07 Å². The Labute approximate surface area is 102 Å². The molecule has 1 rings (SSSR count). The lowest BCUT2D eigenvalue weighted by Crippen LogP contribution is -2.24. The van der Waals surface area contributed by atoms with Crippen molar-refractivity contribution >= 4 is 11.3 Å². The summed E-state index contributed by atoms with van der Waals surface area (Å²) >= 11 is 1.58. The van der Waals surface area contributed by atoms with Crippen LogP contribution in [0.4, 0.5) is 0 Å². The normalized spacial score (nSPS) is 12.7. The van der Waals surface area contributed by atoms with E-state index >= 15 is 0 Å². The van der Waals surface area contributed by atoms with Gasteiger partial charge in [-0.15, -0.1) is 11.3 Å². The third-order valence-corrected chi connectivity index (χ3v) is 4.20. The van der Waals surface area contributed by atoms with Gasteiger partial charge in [-0.2, -0.15) is 5.26 Å². The molecule has 1 atom stereocenters. The number of rotatable bonds is 6. The van der Waals surface area contributed by atoms with E-state index in [9.17, 15) is 0 Å². The molecule has 0 aliphatic heterocycles. The average Bonchev–Trinajstić information content (AvgIpc) is 2.78. The highest BCUT2D eigenvalue weighted by molar-refractivity contribution is 7.12. The summed E-state index contributed by atoms with van der Waals surface area (Å²) in [6.45, 7) is 7.70. The van der Waals surface area contributed by atoms with Gasteiger partial charge in [-0.05, 0) is 31.5 Å². The van der Waals surface area contributed by atoms with Crippen LogP contribution in [0.2, 0.25) is 0 Å². The summed E-state index contributed by atoms with van der Waals surface area (Å²) in [5.74, 6) is 0.762. The van der Waals surface area contributed by atoms with E-state index in [0.29, 0.717) is 6.04 Å². The molecule has 1 aromatic heterocycles. The minimum atomic E-state index is 0.354. The summed E-state index contributed by atoms with van der Waals surface area (Å²) in [6, 6.07) is 6.48. The smallest absolute Gasteiger partial charge is 0.110 e. The molecular formula is C13H20N2S. The Morgan fingerprint density at radius 2 is 2.06 bits per heavy atom. The zero-order valence-electron chi connectivity index (χ0n) is 10.3. The molecule has 0 spiro atoms. The molecule has 16 heavy (non-hydrogen) atoms. The van der Waals surface area contributed by atoms with Gasteiger partial charge in [0.15, 0.2) is 0 Å². The lowest BCUT2D eigenvalue weighted by Gasteiger charge is -2.17. The molecule has 0 saturated heterocycles. The Kier molecular flexibility index (Phi) is 5.51. The zero-order valence-corrected chi connectivity index (χ0v) is 11.1. The van der Waals surface area contributed by atoms with Crippen LogP contribution in [0.15, 0.2) is 12.1 Å². The number of nitrogens with one attached hydrogen (secondary N) is 1. The molecule has 0 radical (unpaired) electrons. The van der Waals surface area contributed by atoms with Gasteiger partial charge < -0.3 is 5.32 Å². The minimum absolute atomic E-state index is 0.354. The summed E-state index contributed by atoms with van der Waals surface area (Å²) in [6.07, 6.45) is 2.45. The van der Waals surface area contributed by atoms with Gasteiger partial charge in [-0.3, -0.25) is 0 Å². The Bertz CT molecular complexity index is 347. The van der Waals surface area contributed by atoms with Crippen molar-refractivity contribution in [3.05, 3.63) is 21.9 Å². The summed E-state index contributed by atoms with van der Waals surface area (Å²) in [5.41, 5.74) is 0. The third kappa shape index (κ3) is 3.62. The fourth-order valence-electron chi connectivity index (χ4n) is 1.67. The monoisotopic (exact) mass is 236 g/mol. The summed E-state index contributed by atoms with van der Waals surface area (Å²) in [7, 11) is 0. The van der Waals surface area contributed by atoms with Crippen LogP contribution in [0.25, 0.3) is 0 Å². The second-order valence-corrected chi connectivity index (χ2v) is 5.24. The van der Waals surface area contributed by atoms with E-state index in [2.05, 4.69) is 32.2 Å². The molecule has 0 aromatic carbocycles. The van der Waals surface area contributed by atoms with Gasteiger partial charge in [0.2, 0.25) is 0 Å². The highest BCUT2D eigenvalue weighted by atomic mass is 32.1. The first-order valence-corrected chi connectivity index (χ1v) is 6.76. The fourth-order valence-corrected chi connectivity index (χ4v) is 2.50. The predicted molar refractivity (Wildman–Crippen MR) is 69.5 cm³/mol. The molecule has 0 fully saturated rings. The van der Waals surface area contributed by atoms with Crippen LogP contribution >= 0.6 is 11.3 Å². The maximum absolute atomic E-state index is 8.77. The van der Waals surface area contributed by atoms with Crippen molar-refractivity contribution in [2.24, 2.45) is 5.92 Å². The SMILES string of the molecule is CCC(CC)CNC(C)c1ccc(C#N)s1. The lowest BCUT2D eigenvalue weighted by atomic mass is 10.0. The molecule has 2 nitrogen and oxygen atoms in total. The highest BCUT2D eigenvalue weighted by Crippen LogP contribution is 2.22. The van der Waals surface area contributed by atoms with Crippen LogP contribution in [0.3, 0.4) is 0 Å². The number of hydrogen-bond donors (Lipinski definition) is 1. The van der Waals surface area contributed by atoms with Gasteiger partial charge in [0.25, 0.3) is 0 Å². The van der Waals surface area contributed by atoms with Gasteiger partial charge in [0.1, 0.15) is 10.9 Å². The topological polar surface area (TPSA) is 35.8 Å². The number of nitrogens with zero attached hydrogens (tertiary/aromatic N) is 1. The van der Waals surface area contributed by atoms with E-state index in [-0.39, 0.29) is 0 Å². The zero-order chi connectivity index (χ0) is 12.0. The van der Waals surface area contributed by atoms with E-state index in [1.165, 1.54) is 17.7 Å². The van der Waals surface area contributed by atoms with E-state index in [4.69, 9.17) is 5.26 Å². The average molecular weight is 236 g/mol. The number of hydrogen-bond acceptors (Lipinski definition) is 3. The van der Waals surface area contributed by atoms with Crippen molar-refractivity contribution in [3.63, 3.8) is 0 Å². The molecule has 1 aromatic rings. The maximum atomic E-state index is 8.77. The second kappa shape index (κ2) is 6.67. The van der Waals surface area contributed by atoms with Gasteiger partial charge in [-0.25, -0.2) is 0 Å². The van der Waals surface area contributed by atoms with Crippen molar-refractivity contribution in [1.29, 1.82) is 5.26 Å². The molecule has 0 saturated carbocycles. The summed E-state index contributed by atoms with van der Waals surface area (Å²) < 4.78 is 0. The Morgan fingerprint density at radius 3 is 2.56 bits per heavy atom. The van der Waals surface area contributed by atoms with Crippen LogP contribution in [-0.2, 0) is 0 Å². The molecule has 88 valence electrons. The fraction of sp³-hybridized carbons (Fsp3) is 0.615. The van der Waals surface area contributed by atoms with Crippen molar-refractivity contribution in [1.82, 2.24) is 5.32 Å². The third-order valence-electron chi connectivity index (χ3n) is 3.03. The van der Waals surface area contributed by atoms with E-state index in [0.717, 1.165) is 17.3 Å². The first kappa shape index (κ1) is 13.2. The molecule has 1 N–H and O–H groups in total. The summed E-state index contributed by atoms with van der Waals surface area (Å²) in [5, 5.41) is 12.3. The van der Waals surface area contributed by atoms with Gasteiger partial charge in [0.05, 0.1) is 0 Å². The van der Waals surface area contributed by atoms with Crippen LogP contribution < -0.4 is 5.32 Å². The van der Waals surface area contributed by atoms with Crippen molar-refractivity contribution < 1.29 is 0 Å². The molecule has 1 unspecified atom stereocenters. The number of thiophene rings is 1. The van der Waals surface area contributed by atoms with E-state index in [1.807, 2.05) is 12.1 Å². The van der Waals surface area contributed by atoms with Gasteiger partial charge in [0, 0.05) is 10.9 Å². The van der Waals surface area contributed by atoms with Crippen LogP contribution in [0.1, 0.15) is 49.4 Å². The molecule has 1 heterocycles. The van der Waals surface area contributed by atoms with Crippen LogP contribution in [-0.4, -0.2) is 6.54 Å². The van der Waals surface area contributed by atoms with Crippen molar-refractivity contribution in [2.75, 3.05) is 6.54 Å². The largest absolute Gasteiger partial charge is 0.309 e. The Hall–Kier alpha value is -0.850. The van der Waals surface area contributed by atoms with Gasteiger partial charge >= 0.3 is 0 Å². The molecule has 3 heteroatoms. The first-order chi connectivity index (χ1) is 7.71. The van der Waals surface area contributed by atoms with Crippen LogP contribution in [0, 0.1) is 17.2 Å². The minimum Gasteiger partial charge on any atom is -0.309 e. The van der Waals surface area contributed by atoms with Crippen molar-refractivity contribution in [2.45, 2.75) is 39.7 Å². The molecule has 0 amide bonds. The Balaban J connectivity index is 2.46. The molecule has 0 bridgehead atoms. The first-order valence-electron chi connectivity index (χ1n) is 5.94. The Morgan fingerprint density at radius 1 is 1.38 bits per heavy atom. The maximum Gasteiger partial charge on any atom is 0.110 e. The second-order valence-electron chi connectivity index (χ2n) is 4.13. The molecule has 0 aliphatic carbocycles. The van der Waals surface area contributed by atoms with E-state index < -0.39 is 0 Å². The molecular weight excluding hydrogens is 216 g/mol. The highest BCUT2D eigenvalue weighted by Gasteiger charge is 2.10. The lowest BCUT2D eigenvalue weighted by molar-refractivity contribution is 0.424. The quantitative estimate of drug-likeness (QED) is 0.817. The standard InChI is InChI=1S/C13H20N2S/c1-4-11(5-2)9-15-10(3)13-7-6-12(8-14)16-13/h6-7,10-11,15H,4-5,9H2,1-3H3. The van der Waals surface area contributed by atoms with Crippen LogP contribution in [0.5, 0.6) is 0 Å². The van der Waals surface area contributed by atoms with E-state index in [1.54, 1.807) is 11.3 Å². The summed E-state index contributed by atoms with van der Waals surface area (Å²) in [4.78, 5) is 2.05. The number of nitriles is 1.